The van der Waals surface area contributed by atoms with E-state index in [9.17, 15) is 18.6 Å². The van der Waals surface area contributed by atoms with Crippen molar-refractivity contribution >= 4 is 21.8 Å². The Balaban J connectivity index is 1.37. The second-order valence-corrected chi connectivity index (χ2v) is 10.5. The van der Waals surface area contributed by atoms with Crippen LogP contribution in [0.3, 0.4) is 0 Å². The fraction of sp³-hybridized carbons (Fsp3) is 0.478. The number of rotatable bonds is 7. The summed E-state index contributed by atoms with van der Waals surface area (Å²) in [6.07, 6.45) is 4.68. The van der Waals surface area contributed by atoms with E-state index in [-0.39, 0.29) is 6.61 Å². The van der Waals surface area contributed by atoms with E-state index in [0.717, 1.165) is 11.3 Å². The van der Waals surface area contributed by atoms with Crippen LogP contribution in [0.5, 0.6) is 0 Å². The van der Waals surface area contributed by atoms with Crippen molar-refractivity contribution in [2.24, 2.45) is 11.1 Å². The second kappa shape index (κ2) is 9.23. The highest BCUT2D eigenvalue weighted by atomic mass is 32.2. The molecule has 0 unspecified atom stereocenters. The molecule has 2 aromatic heterocycles. The first-order valence-electron chi connectivity index (χ1n) is 11.5. The lowest BCUT2D eigenvalue weighted by atomic mass is 9.95. The molecule has 11 heteroatoms. The molecular formula is C23H29N5O5S. The number of anilines is 1. The van der Waals surface area contributed by atoms with Crippen molar-refractivity contribution in [1.29, 1.82) is 0 Å². The first-order chi connectivity index (χ1) is 16.3. The monoisotopic (exact) mass is 487 g/mol. The molecule has 0 radical (unpaired) electrons. The standard InChI is InChI=1S/C23H29N5O5S/c24-34(31,32)33-13-17-11-19(23(30)22(17)29)26-20-8-9-25-21-12-18(27-28(20)21)16-7-3-6-15(10-16)14-4-1-2-5-14/h3,6-10,12,14,17,19,22-23,26,29-30H,1-2,4-5,11,13H2,(H2,24,31,32)/t17-,19-,22-,23+/m1/s1. The molecule has 2 aliphatic rings. The Labute approximate surface area is 198 Å². The minimum absolute atomic E-state index is 0.291. The summed E-state index contributed by atoms with van der Waals surface area (Å²) in [6, 6.07) is 11.6. The molecule has 5 rings (SSSR count). The normalized spacial score (nSPS) is 25.9. The molecule has 0 amide bonds. The zero-order chi connectivity index (χ0) is 23.9. The largest absolute Gasteiger partial charge is 0.390 e. The minimum atomic E-state index is -4.13. The highest BCUT2D eigenvalue weighted by Crippen LogP contribution is 2.36. The summed E-state index contributed by atoms with van der Waals surface area (Å²) in [7, 11) is -4.13. The molecule has 182 valence electrons. The SMILES string of the molecule is NS(=O)(=O)OC[C@H]1C[C@@H](Nc2ccnc3cc(-c4cccc(C5CCCC5)c4)nn23)[C@H](O)[C@@H]1O. The smallest absolute Gasteiger partial charge is 0.333 e. The molecule has 5 N–H and O–H groups in total. The lowest BCUT2D eigenvalue weighted by Gasteiger charge is -2.19. The molecular weight excluding hydrogens is 458 g/mol. The Morgan fingerprint density at radius 2 is 1.94 bits per heavy atom. The molecule has 2 heterocycles. The highest BCUT2D eigenvalue weighted by Gasteiger charge is 2.42. The van der Waals surface area contributed by atoms with Crippen molar-refractivity contribution in [2.45, 2.75) is 56.3 Å². The van der Waals surface area contributed by atoms with Gasteiger partial charge in [0.1, 0.15) is 11.9 Å². The molecule has 10 nitrogen and oxygen atoms in total. The van der Waals surface area contributed by atoms with Crippen molar-refractivity contribution in [3.63, 3.8) is 0 Å². The average Bonchev–Trinajstić information content (AvgIpc) is 3.54. The summed E-state index contributed by atoms with van der Waals surface area (Å²) in [5.41, 5.74) is 3.81. The Bertz CT molecular complexity index is 1270. The van der Waals surface area contributed by atoms with E-state index >= 15 is 0 Å². The molecule has 2 aliphatic carbocycles. The number of benzene rings is 1. The predicted octanol–water partition coefficient (Wildman–Crippen LogP) is 1.80. The maximum Gasteiger partial charge on any atom is 0.333 e. The summed E-state index contributed by atoms with van der Waals surface area (Å²) >= 11 is 0. The van der Waals surface area contributed by atoms with Crippen molar-refractivity contribution in [3.8, 4) is 11.3 Å². The van der Waals surface area contributed by atoms with E-state index in [1.165, 1.54) is 31.2 Å². The van der Waals surface area contributed by atoms with Gasteiger partial charge in [-0.15, -0.1) is 0 Å². The van der Waals surface area contributed by atoms with E-state index in [1.807, 2.05) is 12.1 Å². The fourth-order valence-electron chi connectivity index (χ4n) is 5.16. The number of aliphatic hydroxyl groups excluding tert-OH is 2. The highest BCUT2D eigenvalue weighted by molar-refractivity contribution is 7.84. The topological polar surface area (TPSA) is 152 Å². The van der Waals surface area contributed by atoms with Gasteiger partial charge in [0.2, 0.25) is 0 Å². The van der Waals surface area contributed by atoms with Gasteiger partial charge in [-0.05, 0) is 42.9 Å². The maximum atomic E-state index is 11.1. The molecule has 0 aliphatic heterocycles. The Morgan fingerprint density at radius 3 is 2.71 bits per heavy atom. The zero-order valence-corrected chi connectivity index (χ0v) is 19.4. The van der Waals surface area contributed by atoms with Gasteiger partial charge in [-0.2, -0.15) is 18.0 Å². The van der Waals surface area contributed by atoms with Crippen molar-refractivity contribution in [3.05, 3.63) is 48.2 Å². The number of nitrogens with zero attached hydrogens (tertiary/aromatic N) is 3. The van der Waals surface area contributed by atoms with Crippen molar-refractivity contribution in [1.82, 2.24) is 14.6 Å². The van der Waals surface area contributed by atoms with Gasteiger partial charge in [-0.25, -0.2) is 10.1 Å². The van der Waals surface area contributed by atoms with Gasteiger partial charge in [0.05, 0.1) is 24.4 Å². The number of nitrogens with one attached hydrogen (secondary N) is 1. The molecule has 3 aromatic rings. The van der Waals surface area contributed by atoms with Gasteiger partial charge in [0.25, 0.3) is 0 Å². The number of nitrogens with two attached hydrogens (primary N) is 1. The molecule has 2 fully saturated rings. The van der Waals surface area contributed by atoms with E-state index in [4.69, 9.17) is 10.2 Å². The van der Waals surface area contributed by atoms with Gasteiger partial charge in [-0.3, -0.25) is 4.18 Å². The van der Waals surface area contributed by atoms with Crippen LogP contribution in [0.15, 0.2) is 42.6 Å². The molecule has 2 saturated carbocycles. The van der Waals surface area contributed by atoms with Gasteiger partial charge >= 0.3 is 10.3 Å². The van der Waals surface area contributed by atoms with Crippen LogP contribution in [0.4, 0.5) is 5.82 Å². The predicted molar refractivity (Wildman–Crippen MR) is 126 cm³/mol. The summed E-state index contributed by atoms with van der Waals surface area (Å²) < 4.78 is 28.5. The van der Waals surface area contributed by atoms with Gasteiger partial charge in [0.15, 0.2) is 5.65 Å². The summed E-state index contributed by atoms with van der Waals surface area (Å²) in [5, 5.41) is 33.7. The average molecular weight is 488 g/mol. The minimum Gasteiger partial charge on any atom is -0.390 e. The van der Waals surface area contributed by atoms with Crippen LogP contribution in [0, 0.1) is 5.92 Å². The van der Waals surface area contributed by atoms with Crippen LogP contribution in [0.1, 0.15) is 43.6 Å². The van der Waals surface area contributed by atoms with Crippen LogP contribution in [0.25, 0.3) is 16.9 Å². The second-order valence-electron chi connectivity index (χ2n) is 9.24. The number of hydrogen-bond acceptors (Lipinski definition) is 8. The van der Waals surface area contributed by atoms with Crippen LogP contribution >= 0.6 is 0 Å². The van der Waals surface area contributed by atoms with Crippen molar-refractivity contribution in [2.75, 3.05) is 11.9 Å². The molecule has 0 spiro atoms. The van der Waals surface area contributed by atoms with Gasteiger partial charge in [0, 0.05) is 23.7 Å². The number of aromatic nitrogens is 3. The van der Waals surface area contributed by atoms with E-state index in [1.54, 1.807) is 16.8 Å². The lowest BCUT2D eigenvalue weighted by Crippen LogP contribution is -2.36. The number of fused-ring (bicyclic) bond motifs is 1. The summed E-state index contributed by atoms with van der Waals surface area (Å²) in [4.78, 5) is 4.42. The summed E-state index contributed by atoms with van der Waals surface area (Å²) in [5.74, 6) is 0.621. The molecule has 1 aromatic carbocycles. The van der Waals surface area contributed by atoms with E-state index in [2.05, 4.69) is 32.7 Å². The third-order valence-electron chi connectivity index (χ3n) is 6.95. The molecule has 34 heavy (non-hydrogen) atoms. The van der Waals surface area contributed by atoms with Gasteiger partial charge < -0.3 is 15.5 Å². The number of hydrogen-bond donors (Lipinski definition) is 4. The van der Waals surface area contributed by atoms with E-state index < -0.39 is 34.5 Å². The van der Waals surface area contributed by atoms with Crippen LogP contribution in [-0.4, -0.2) is 58.1 Å². The van der Waals surface area contributed by atoms with E-state index in [0.29, 0.717) is 23.8 Å². The third-order valence-corrected chi connectivity index (χ3v) is 7.41. The lowest BCUT2D eigenvalue weighted by molar-refractivity contribution is 0.00777. The third kappa shape index (κ3) is 4.80. The number of aliphatic hydroxyl groups is 2. The molecule has 0 bridgehead atoms. The Hall–Kier alpha value is -2.57. The Kier molecular flexibility index (Phi) is 6.30. The maximum absolute atomic E-state index is 11.1. The van der Waals surface area contributed by atoms with Crippen molar-refractivity contribution < 1.29 is 22.8 Å². The first-order valence-corrected chi connectivity index (χ1v) is 13.0. The summed E-state index contributed by atoms with van der Waals surface area (Å²) in [6.45, 7) is -0.301. The van der Waals surface area contributed by atoms with Crippen LogP contribution in [-0.2, 0) is 14.5 Å². The fourth-order valence-corrected chi connectivity index (χ4v) is 5.53. The molecule has 0 saturated heterocycles. The van der Waals surface area contributed by atoms with Gasteiger partial charge in [-0.1, -0.05) is 31.0 Å². The first kappa shape index (κ1) is 23.2. The zero-order valence-electron chi connectivity index (χ0n) is 18.6. The Morgan fingerprint density at radius 1 is 1.15 bits per heavy atom. The quantitative estimate of drug-likeness (QED) is 0.394. The van der Waals surface area contributed by atoms with Crippen LogP contribution < -0.4 is 10.5 Å². The van der Waals surface area contributed by atoms with Crippen LogP contribution in [0.2, 0.25) is 0 Å². The molecule has 4 atom stereocenters.